The van der Waals surface area contributed by atoms with E-state index in [-0.39, 0.29) is 5.41 Å². The van der Waals surface area contributed by atoms with E-state index in [9.17, 15) is 5.26 Å². The summed E-state index contributed by atoms with van der Waals surface area (Å²) < 4.78 is 0. The van der Waals surface area contributed by atoms with E-state index in [1.54, 1.807) is 6.20 Å². The summed E-state index contributed by atoms with van der Waals surface area (Å²) in [7, 11) is 0. The van der Waals surface area contributed by atoms with Crippen molar-refractivity contribution in [2.24, 2.45) is 0 Å². The Balaban J connectivity index is 1.29. The monoisotopic (exact) mass is 570 g/mol. The van der Waals surface area contributed by atoms with Gasteiger partial charge in [-0.25, -0.2) is 0 Å². The summed E-state index contributed by atoms with van der Waals surface area (Å²) in [5.41, 5.74) is 17.4. The van der Waals surface area contributed by atoms with Crippen molar-refractivity contribution in [1.29, 1.82) is 5.26 Å². The standard InChI is InChI=1S/C43H26N2/c44-25-28-21-34(27-45-26-28)31-12-8-11-30(22-31)33-18-20-42-38(24-33)37-23-32(29-9-2-1-3-10-29)17-19-41(37)43(42)39-15-6-4-13-35(39)36-14-5-7-16-40(36)43/h1-24,26-27H. The molecule has 2 heteroatoms. The molecule has 1 heterocycles. The number of hydrogen-bond acceptors (Lipinski definition) is 2. The molecule has 2 aliphatic carbocycles. The topological polar surface area (TPSA) is 36.7 Å². The number of nitriles is 1. The Hall–Kier alpha value is -6.04. The second-order valence-electron chi connectivity index (χ2n) is 11.9. The highest BCUT2D eigenvalue weighted by Crippen LogP contribution is 2.63. The van der Waals surface area contributed by atoms with Gasteiger partial charge < -0.3 is 0 Å². The van der Waals surface area contributed by atoms with Crippen LogP contribution in [0.25, 0.3) is 55.6 Å². The minimum atomic E-state index is -0.378. The van der Waals surface area contributed by atoms with Crippen LogP contribution in [-0.2, 0) is 5.41 Å². The first kappa shape index (κ1) is 25.5. The average molecular weight is 571 g/mol. The first-order valence-electron chi connectivity index (χ1n) is 15.3. The number of aromatic nitrogens is 1. The first-order valence-corrected chi connectivity index (χ1v) is 15.3. The molecule has 6 aromatic carbocycles. The molecule has 45 heavy (non-hydrogen) atoms. The summed E-state index contributed by atoms with van der Waals surface area (Å²) in [6.07, 6.45) is 3.42. The molecule has 2 aliphatic rings. The second kappa shape index (κ2) is 9.74. The van der Waals surface area contributed by atoms with Crippen LogP contribution in [-0.4, -0.2) is 4.98 Å². The Labute approximate surface area is 262 Å². The Morgan fingerprint density at radius 3 is 1.56 bits per heavy atom. The van der Waals surface area contributed by atoms with Crippen LogP contribution in [0.15, 0.2) is 158 Å². The number of benzene rings is 6. The Kier molecular flexibility index (Phi) is 5.51. The molecule has 0 saturated heterocycles. The van der Waals surface area contributed by atoms with Crippen LogP contribution in [0.5, 0.6) is 0 Å². The van der Waals surface area contributed by atoms with Gasteiger partial charge in [-0.2, -0.15) is 5.26 Å². The maximum absolute atomic E-state index is 9.42. The normalized spacial score (nSPS) is 13.0. The van der Waals surface area contributed by atoms with Crippen molar-refractivity contribution < 1.29 is 0 Å². The van der Waals surface area contributed by atoms with Crippen molar-refractivity contribution in [2.45, 2.75) is 5.41 Å². The van der Waals surface area contributed by atoms with Crippen LogP contribution >= 0.6 is 0 Å². The summed E-state index contributed by atoms with van der Waals surface area (Å²) in [5.74, 6) is 0. The van der Waals surface area contributed by atoms with E-state index in [0.29, 0.717) is 5.56 Å². The molecule has 7 aromatic rings. The highest BCUT2D eigenvalue weighted by molar-refractivity contribution is 5.97. The molecular formula is C43H26N2. The summed E-state index contributed by atoms with van der Waals surface area (Å²) in [6, 6.07) is 55.2. The Morgan fingerprint density at radius 1 is 0.400 bits per heavy atom. The van der Waals surface area contributed by atoms with Gasteiger partial charge in [0.15, 0.2) is 0 Å². The van der Waals surface area contributed by atoms with E-state index in [4.69, 9.17) is 0 Å². The number of hydrogen-bond donors (Lipinski definition) is 0. The third kappa shape index (κ3) is 3.65. The molecule has 208 valence electrons. The van der Waals surface area contributed by atoms with Crippen LogP contribution in [0.1, 0.15) is 27.8 Å². The third-order valence-corrected chi connectivity index (χ3v) is 9.59. The zero-order valence-corrected chi connectivity index (χ0v) is 24.4. The highest BCUT2D eigenvalue weighted by Gasteiger charge is 2.51. The zero-order valence-electron chi connectivity index (χ0n) is 24.4. The van der Waals surface area contributed by atoms with Gasteiger partial charge in [-0.05, 0) is 96.6 Å². The fraction of sp³-hybridized carbons (Fsp3) is 0.0233. The molecule has 0 bridgehead atoms. The lowest BCUT2D eigenvalue weighted by Crippen LogP contribution is -2.25. The van der Waals surface area contributed by atoms with Crippen molar-refractivity contribution in [3.05, 3.63) is 186 Å². The SMILES string of the molecule is N#Cc1cncc(-c2cccc(-c3ccc4c(c3)-c3cc(-c5ccccc5)ccc3C43c4ccccc4-c4ccccc43)c2)c1. The molecule has 0 atom stereocenters. The lowest BCUT2D eigenvalue weighted by atomic mass is 9.70. The van der Waals surface area contributed by atoms with Crippen LogP contribution in [0.2, 0.25) is 0 Å². The molecule has 9 rings (SSSR count). The van der Waals surface area contributed by atoms with Gasteiger partial charge in [-0.1, -0.05) is 121 Å². The van der Waals surface area contributed by atoms with E-state index in [1.165, 1.54) is 55.6 Å². The van der Waals surface area contributed by atoms with Gasteiger partial charge in [0.25, 0.3) is 0 Å². The minimum Gasteiger partial charge on any atom is -0.263 e. The molecule has 0 saturated carbocycles. The Bertz CT molecular complexity index is 2300. The van der Waals surface area contributed by atoms with Gasteiger partial charge in [0.2, 0.25) is 0 Å². The summed E-state index contributed by atoms with van der Waals surface area (Å²) in [5, 5.41) is 9.42. The zero-order chi connectivity index (χ0) is 30.0. The second-order valence-corrected chi connectivity index (χ2v) is 11.9. The molecule has 2 nitrogen and oxygen atoms in total. The molecule has 1 aromatic heterocycles. The fourth-order valence-electron chi connectivity index (χ4n) is 7.68. The van der Waals surface area contributed by atoms with Crippen molar-refractivity contribution in [2.75, 3.05) is 0 Å². The highest BCUT2D eigenvalue weighted by atomic mass is 14.6. The predicted octanol–water partition coefficient (Wildman–Crippen LogP) is 10.3. The van der Waals surface area contributed by atoms with Crippen LogP contribution < -0.4 is 0 Å². The van der Waals surface area contributed by atoms with E-state index in [0.717, 1.165) is 22.3 Å². The first-order chi connectivity index (χ1) is 22.3. The molecule has 0 fully saturated rings. The van der Waals surface area contributed by atoms with Crippen molar-refractivity contribution in [3.8, 4) is 61.7 Å². The van der Waals surface area contributed by atoms with Gasteiger partial charge in [-0.15, -0.1) is 0 Å². The van der Waals surface area contributed by atoms with Crippen molar-refractivity contribution in [3.63, 3.8) is 0 Å². The molecule has 0 N–H and O–H groups in total. The maximum Gasteiger partial charge on any atom is 0.101 e. The van der Waals surface area contributed by atoms with Gasteiger partial charge in [0, 0.05) is 18.0 Å². The molecule has 1 spiro atoms. The van der Waals surface area contributed by atoms with Gasteiger partial charge in [-0.3, -0.25) is 4.98 Å². The fourth-order valence-corrected chi connectivity index (χ4v) is 7.68. The largest absolute Gasteiger partial charge is 0.263 e. The van der Waals surface area contributed by atoms with E-state index < -0.39 is 0 Å². The summed E-state index contributed by atoms with van der Waals surface area (Å²) >= 11 is 0. The quantitative estimate of drug-likeness (QED) is 0.212. The van der Waals surface area contributed by atoms with E-state index in [1.807, 2.05) is 12.3 Å². The summed E-state index contributed by atoms with van der Waals surface area (Å²) in [4.78, 5) is 4.29. The van der Waals surface area contributed by atoms with Crippen LogP contribution in [0.4, 0.5) is 0 Å². The van der Waals surface area contributed by atoms with Gasteiger partial charge in [0.1, 0.15) is 6.07 Å². The predicted molar refractivity (Wildman–Crippen MR) is 182 cm³/mol. The van der Waals surface area contributed by atoms with E-state index >= 15 is 0 Å². The van der Waals surface area contributed by atoms with Crippen LogP contribution in [0.3, 0.4) is 0 Å². The minimum absolute atomic E-state index is 0.378. The number of rotatable bonds is 3. The van der Waals surface area contributed by atoms with Gasteiger partial charge in [0.05, 0.1) is 11.0 Å². The molecule has 0 aliphatic heterocycles. The Morgan fingerprint density at radius 2 is 0.911 bits per heavy atom. The smallest absolute Gasteiger partial charge is 0.101 e. The molecular weight excluding hydrogens is 544 g/mol. The molecule has 0 amide bonds. The average Bonchev–Trinajstić information content (AvgIpc) is 3.58. The maximum atomic E-state index is 9.42. The molecule has 0 radical (unpaired) electrons. The molecule has 0 unspecified atom stereocenters. The number of pyridine rings is 1. The lowest BCUT2D eigenvalue weighted by molar-refractivity contribution is 0.794. The van der Waals surface area contributed by atoms with Crippen molar-refractivity contribution >= 4 is 0 Å². The van der Waals surface area contributed by atoms with E-state index in [2.05, 4.69) is 151 Å². The number of fused-ring (bicyclic) bond motifs is 10. The van der Waals surface area contributed by atoms with Crippen molar-refractivity contribution in [1.82, 2.24) is 4.98 Å². The van der Waals surface area contributed by atoms with Crippen LogP contribution in [0, 0.1) is 11.3 Å². The third-order valence-electron chi connectivity index (χ3n) is 9.59. The summed E-state index contributed by atoms with van der Waals surface area (Å²) in [6.45, 7) is 0. The van der Waals surface area contributed by atoms with Gasteiger partial charge >= 0.3 is 0 Å². The number of nitrogens with zero attached hydrogens (tertiary/aromatic N) is 2. The lowest BCUT2D eigenvalue weighted by Gasteiger charge is -2.30.